The number of pyridine rings is 1. The van der Waals surface area contributed by atoms with Gasteiger partial charge < -0.3 is 9.13 Å². The van der Waals surface area contributed by atoms with Gasteiger partial charge in [0.1, 0.15) is 0 Å². The zero-order valence-corrected chi connectivity index (χ0v) is 46.8. The average molecular weight is 1080 g/mol. The second-order valence-corrected chi connectivity index (χ2v) is 23.2. The first kappa shape index (κ1) is 49.6. The Morgan fingerprint density at radius 1 is 0.262 bits per heavy atom. The van der Waals surface area contributed by atoms with E-state index in [0.717, 1.165) is 50.3 Å². The van der Waals surface area contributed by atoms with Gasteiger partial charge in [-0.2, -0.15) is 0 Å². The van der Waals surface area contributed by atoms with E-state index in [1.807, 2.05) is 11.3 Å². The number of rotatable bonds is 12. The summed E-state index contributed by atoms with van der Waals surface area (Å²) in [5.41, 5.74) is 19.7. The van der Waals surface area contributed by atoms with Gasteiger partial charge in [0.25, 0.3) is 6.71 Å². The van der Waals surface area contributed by atoms with Crippen LogP contribution in [0.15, 0.2) is 315 Å². The molecule has 0 spiro atoms. The predicted molar refractivity (Wildman–Crippen MR) is 364 cm³/mol. The molecular weight excluding hydrogens is 1030 g/mol. The molecule has 0 amide bonds. The van der Waals surface area contributed by atoms with Gasteiger partial charge in [-0.05, 0) is 60.7 Å². The minimum absolute atomic E-state index is 0.0235. The lowest BCUT2D eigenvalue weighted by atomic mass is 9.37. The Kier molecular flexibility index (Phi) is 12.4. The van der Waals surface area contributed by atoms with Crippen molar-refractivity contribution in [3.05, 3.63) is 315 Å². The summed E-state index contributed by atoms with van der Waals surface area (Å²) in [5.74, 6) is 0. The average Bonchev–Trinajstić information content (AvgIpc) is 1.69. The largest absolute Gasteiger partial charge is 0.307 e. The maximum Gasteiger partial charge on any atom is 0.265 e. The molecule has 0 atom stereocenters. The Labute approximate surface area is 493 Å². The van der Waals surface area contributed by atoms with Gasteiger partial charge in [-0.25, -0.2) is 0 Å². The van der Waals surface area contributed by atoms with Crippen LogP contribution in [-0.4, -0.2) is 34.3 Å². The van der Waals surface area contributed by atoms with Crippen LogP contribution >= 0.6 is 11.3 Å². The fourth-order valence-corrected chi connectivity index (χ4v) is 14.6. The molecular formula is C77H52B3N3S. The number of fused-ring (bicyclic) bond motifs is 10. The van der Waals surface area contributed by atoms with Crippen molar-refractivity contribution in [3.8, 4) is 22.6 Å². The fourth-order valence-electron chi connectivity index (χ4n) is 13.5. The first-order valence-corrected chi connectivity index (χ1v) is 29.8. The molecule has 390 valence electrons. The molecule has 16 aromatic rings. The van der Waals surface area contributed by atoms with Crippen molar-refractivity contribution >= 4 is 145 Å². The number of aromatic nitrogens is 3. The summed E-state index contributed by atoms with van der Waals surface area (Å²) in [7, 11) is 0. The van der Waals surface area contributed by atoms with E-state index in [1.54, 1.807) is 0 Å². The van der Waals surface area contributed by atoms with E-state index >= 15 is 0 Å². The lowest BCUT2D eigenvalue weighted by Crippen LogP contribution is -2.53. The first-order chi connectivity index (χ1) is 41.7. The Balaban J connectivity index is 0.984. The van der Waals surface area contributed by atoms with Gasteiger partial charge in [0.2, 0.25) is 13.4 Å². The Morgan fingerprint density at radius 3 is 1.19 bits per heavy atom. The van der Waals surface area contributed by atoms with E-state index in [9.17, 15) is 0 Å². The summed E-state index contributed by atoms with van der Waals surface area (Å²) in [6, 6.07) is 116. The highest BCUT2D eigenvalue weighted by Gasteiger charge is 2.29. The third-order valence-electron chi connectivity index (χ3n) is 17.3. The highest BCUT2D eigenvalue weighted by molar-refractivity contribution is 7.25. The quantitative estimate of drug-likeness (QED) is 0.112. The molecule has 0 saturated heterocycles. The topological polar surface area (TPSA) is 22.8 Å². The molecule has 0 bridgehead atoms. The molecule has 0 aliphatic carbocycles. The van der Waals surface area contributed by atoms with Crippen LogP contribution in [0, 0.1) is 0 Å². The third-order valence-corrected chi connectivity index (χ3v) is 18.4. The van der Waals surface area contributed by atoms with Crippen molar-refractivity contribution in [3.63, 3.8) is 0 Å². The van der Waals surface area contributed by atoms with Gasteiger partial charge >= 0.3 is 0 Å². The summed E-state index contributed by atoms with van der Waals surface area (Å²) in [5, 5.41) is 7.35. The fraction of sp³-hybridized carbons (Fsp3) is 0. The molecule has 0 aliphatic heterocycles. The standard InChI is InChI=1S/C77H52B3N3S/c1-7-24-54(25-8-1)78(55-26-9-2-10-27-55)60-41-46-71-67(50-60)65-44-45-66-68-51-61(79(56-28-11-3-12-29-56)57-30-13-4-14-31-57)42-47-72(68)83(63-43-48-74-69(52-63)64-37-19-20-39-73(64)84-74)77(66)76(65)82(71)62-36-21-23-53(49-62)70-38-22-40-75(81-70)80(58-32-15-5-16-33-58)59-34-17-6-18-35-59/h1-52H. The second-order valence-electron chi connectivity index (χ2n) is 22.1. The van der Waals surface area contributed by atoms with Crippen LogP contribution in [0.25, 0.3) is 86.4 Å². The molecule has 0 aliphatic rings. The summed E-state index contributed by atoms with van der Waals surface area (Å²) < 4.78 is 7.69. The van der Waals surface area contributed by atoms with Crippen LogP contribution in [0.2, 0.25) is 0 Å². The van der Waals surface area contributed by atoms with Gasteiger partial charge in [0.05, 0.1) is 27.8 Å². The highest BCUT2D eigenvalue weighted by atomic mass is 32.1. The first-order valence-electron chi connectivity index (χ1n) is 29.0. The molecule has 0 saturated carbocycles. The van der Waals surface area contributed by atoms with Crippen molar-refractivity contribution in [1.82, 2.24) is 14.1 Å². The number of nitrogens with zero attached hydrogens (tertiary/aromatic N) is 3. The normalized spacial score (nSPS) is 11.6. The van der Waals surface area contributed by atoms with Gasteiger partial charge in [0.15, 0.2) is 0 Å². The van der Waals surface area contributed by atoms with Gasteiger partial charge in [-0.1, -0.05) is 298 Å². The molecule has 4 heterocycles. The van der Waals surface area contributed by atoms with Crippen LogP contribution < -0.4 is 49.3 Å². The SMILES string of the molecule is c1ccc(B(c2ccccc2)c2ccc3c(c2)c2ccc4c5cc(B(c6ccccc6)c6ccccc6)ccc5n(-c5ccc6sc7ccccc7c6c5)c4c2n3-c2cccc(-c3cccc(B(c4ccccc4)c4ccccc4)n3)c2)cc1. The van der Waals surface area contributed by atoms with Crippen molar-refractivity contribution < 1.29 is 0 Å². The van der Waals surface area contributed by atoms with Gasteiger partial charge in [-0.15, -0.1) is 11.3 Å². The zero-order chi connectivity index (χ0) is 55.5. The molecule has 0 fully saturated rings. The van der Waals surface area contributed by atoms with Gasteiger partial charge in [0, 0.05) is 64.2 Å². The Bertz CT molecular complexity index is 4970. The van der Waals surface area contributed by atoms with E-state index in [0.29, 0.717) is 0 Å². The number of hydrogen-bond donors (Lipinski definition) is 0. The van der Waals surface area contributed by atoms with E-state index in [2.05, 4.69) is 325 Å². The lowest BCUT2D eigenvalue weighted by molar-refractivity contribution is 1.15. The summed E-state index contributed by atoms with van der Waals surface area (Å²) in [6.45, 7) is 0.0239. The van der Waals surface area contributed by atoms with Crippen LogP contribution in [0.1, 0.15) is 0 Å². The lowest BCUT2D eigenvalue weighted by Gasteiger charge is -2.17. The van der Waals surface area contributed by atoms with Crippen molar-refractivity contribution in [2.24, 2.45) is 0 Å². The molecule has 84 heavy (non-hydrogen) atoms. The maximum atomic E-state index is 5.56. The molecule has 16 rings (SSSR count). The number of hydrogen-bond acceptors (Lipinski definition) is 2. The second kappa shape index (κ2) is 21.0. The van der Waals surface area contributed by atoms with Gasteiger partial charge in [-0.3, -0.25) is 4.98 Å². The van der Waals surface area contributed by atoms with E-state index in [1.165, 1.54) is 85.4 Å². The van der Waals surface area contributed by atoms with E-state index in [-0.39, 0.29) is 20.1 Å². The summed E-state index contributed by atoms with van der Waals surface area (Å²) in [6.07, 6.45) is 0. The monoisotopic (exact) mass is 1080 g/mol. The van der Waals surface area contributed by atoms with Crippen LogP contribution in [-0.2, 0) is 0 Å². The van der Waals surface area contributed by atoms with Crippen LogP contribution in [0.3, 0.4) is 0 Å². The molecule has 0 unspecified atom stereocenters. The number of benzene rings is 12. The predicted octanol–water partition coefficient (Wildman–Crippen LogP) is 12.9. The minimum Gasteiger partial charge on any atom is -0.307 e. The molecule has 4 aromatic heterocycles. The van der Waals surface area contributed by atoms with Crippen molar-refractivity contribution in [2.75, 3.05) is 0 Å². The van der Waals surface area contributed by atoms with E-state index < -0.39 is 0 Å². The third kappa shape index (κ3) is 8.58. The van der Waals surface area contributed by atoms with Crippen LogP contribution in [0.4, 0.5) is 0 Å². The number of thiophene rings is 1. The molecule has 12 aromatic carbocycles. The smallest absolute Gasteiger partial charge is 0.265 e. The van der Waals surface area contributed by atoms with E-state index in [4.69, 9.17) is 4.98 Å². The summed E-state index contributed by atoms with van der Waals surface area (Å²) in [4.78, 5) is 5.56. The zero-order valence-electron chi connectivity index (χ0n) is 46.0. The highest BCUT2D eigenvalue weighted by Crippen LogP contribution is 2.43. The maximum absolute atomic E-state index is 5.56. The molecule has 0 radical (unpaired) electrons. The Morgan fingerprint density at radius 2 is 0.690 bits per heavy atom. The molecule has 3 nitrogen and oxygen atoms in total. The molecule has 7 heteroatoms. The minimum atomic E-state index is -0.0321. The van der Waals surface area contributed by atoms with Crippen LogP contribution in [0.5, 0.6) is 0 Å². The van der Waals surface area contributed by atoms with Crippen molar-refractivity contribution in [2.45, 2.75) is 0 Å². The Hall–Kier alpha value is -10.2. The summed E-state index contributed by atoms with van der Waals surface area (Å²) >= 11 is 1.86. The molecule has 0 N–H and O–H groups in total. The van der Waals surface area contributed by atoms with Crippen molar-refractivity contribution in [1.29, 1.82) is 0 Å².